The number of ether oxygens (including phenoxy) is 1. The molecule has 2 amide bonds. The van der Waals surface area contributed by atoms with Crippen LogP contribution < -0.4 is 10.1 Å². The maximum Gasteiger partial charge on any atom is 0.286 e. The fourth-order valence-electron chi connectivity index (χ4n) is 3.83. The number of hydrogen-bond acceptors (Lipinski definition) is 4. The van der Waals surface area contributed by atoms with Gasteiger partial charge in [0.05, 0.1) is 5.25 Å². The van der Waals surface area contributed by atoms with E-state index in [1.54, 1.807) is 0 Å². The van der Waals surface area contributed by atoms with Gasteiger partial charge in [-0.3, -0.25) is 14.9 Å². The number of nitrogens with one attached hydrogen (secondary N) is 1. The van der Waals surface area contributed by atoms with Crippen molar-refractivity contribution in [2.45, 2.75) is 55.8 Å². The van der Waals surface area contributed by atoms with E-state index in [4.69, 9.17) is 4.74 Å². The van der Waals surface area contributed by atoms with E-state index < -0.39 is 0 Å². The number of carbonyl (C=O) groups excluding carboxylic acids is 2. The van der Waals surface area contributed by atoms with E-state index in [-0.39, 0.29) is 22.0 Å². The standard InChI is InChI=1S/C17H19NO3S/c19-15-14(22-16(20)18-15)9-11-4-5-13-12(8-11)10-17(21-13)6-2-1-3-7-17/h4-5,8,14H,1-3,6-7,9-10H2,(H,18,19,20). The topological polar surface area (TPSA) is 55.4 Å². The van der Waals surface area contributed by atoms with Crippen LogP contribution >= 0.6 is 11.8 Å². The van der Waals surface area contributed by atoms with Crippen LogP contribution in [0.1, 0.15) is 43.2 Å². The summed E-state index contributed by atoms with van der Waals surface area (Å²) in [5.41, 5.74) is 2.39. The molecule has 1 saturated carbocycles. The van der Waals surface area contributed by atoms with Crippen LogP contribution in [0.4, 0.5) is 4.79 Å². The molecule has 1 spiro atoms. The molecule has 1 saturated heterocycles. The van der Waals surface area contributed by atoms with Crippen molar-refractivity contribution in [1.29, 1.82) is 0 Å². The summed E-state index contributed by atoms with van der Waals surface area (Å²) in [7, 11) is 0. The lowest BCUT2D eigenvalue weighted by molar-refractivity contribution is -0.118. The maximum absolute atomic E-state index is 11.7. The third-order valence-electron chi connectivity index (χ3n) is 4.92. The van der Waals surface area contributed by atoms with E-state index in [9.17, 15) is 9.59 Å². The monoisotopic (exact) mass is 317 g/mol. The Balaban J connectivity index is 1.51. The molecular weight excluding hydrogens is 298 g/mol. The van der Waals surface area contributed by atoms with Crippen molar-refractivity contribution in [1.82, 2.24) is 5.32 Å². The van der Waals surface area contributed by atoms with E-state index in [0.29, 0.717) is 6.42 Å². The molecule has 1 aromatic rings. The predicted octanol–water partition coefficient (Wildman–Crippen LogP) is 3.22. The quantitative estimate of drug-likeness (QED) is 0.910. The van der Waals surface area contributed by atoms with Gasteiger partial charge < -0.3 is 4.74 Å². The molecule has 5 heteroatoms. The van der Waals surface area contributed by atoms with Crippen LogP contribution in [0.25, 0.3) is 0 Å². The summed E-state index contributed by atoms with van der Waals surface area (Å²) in [5, 5.41) is 1.82. The molecule has 116 valence electrons. The lowest BCUT2D eigenvalue weighted by Crippen LogP contribution is -2.36. The Bertz CT molecular complexity index is 637. The van der Waals surface area contributed by atoms with Crippen LogP contribution in [0.2, 0.25) is 0 Å². The number of fused-ring (bicyclic) bond motifs is 1. The van der Waals surface area contributed by atoms with Crippen LogP contribution in [0.5, 0.6) is 5.75 Å². The van der Waals surface area contributed by atoms with Crippen molar-refractivity contribution in [3.63, 3.8) is 0 Å². The molecule has 1 aliphatic carbocycles. The Labute approximate surface area is 134 Å². The van der Waals surface area contributed by atoms with Crippen molar-refractivity contribution in [2.75, 3.05) is 0 Å². The van der Waals surface area contributed by atoms with Gasteiger partial charge in [0.25, 0.3) is 5.24 Å². The summed E-state index contributed by atoms with van der Waals surface area (Å²) in [5.74, 6) is 0.834. The van der Waals surface area contributed by atoms with Gasteiger partial charge >= 0.3 is 0 Å². The third-order valence-corrected chi connectivity index (χ3v) is 5.90. The Hall–Kier alpha value is -1.49. The summed E-state index contributed by atoms with van der Waals surface area (Å²) in [6, 6.07) is 6.22. The number of hydrogen-bond donors (Lipinski definition) is 1. The SMILES string of the molecule is O=C1NC(=O)C(Cc2ccc3c(c2)CC2(CCCCC2)O3)S1. The van der Waals surface area contributed by atoms with Gasteiger partial charge in [-0.05, 0) is 49.3 Å². The highest BCUT2D eigenvalue weighted by molar-refractivity contribution is 8.15. The van der Waals surface area contributed by atoms with E-state index in [1.165, 1.54) is 24.8 Å². The van der Waals surface area contributed by atoms with E-state index in [0.717, 1.165) is 42.3 Å². The van der Waals surface area contributed by atoms with Gasteiger partial charge in [0, 0.05) is 6.42 Å². The van der Waals surface area contributed by atoms with Gasteiger partial charge in [0.1, 0.15) is 11.4 Å². The van der Waals surface area contributed by atoms with Crippen LogP contribution in [-0.4, -0.2) is 22.0 Å². The molecule has 1 unspecified atom stereocenters. The van der Waals surface area contributed by atoms with Gasteiger partial charge in [-0.2, -0.15) is 0 Å². The van der Waals surface area contributed by atoms with Crippen molar-refractivity contribution in [3.8, 4) is 5.75 Å². The largest absolute Gasteiger partial charge is 0.487 e. The van der Waals surface area contributed by atoms with Crippen LogP contribution in [0, 0.1) is 0 Å². The highest BCUT2D eigenvalue weighted by Crippen LogP contribution is 2.43. The van der Waals surface area contributed by atoms with E-state index in [1.807, 2.05) is 12.1 Å². The summed E-state index contributed by atoms with van der Waals surface area (Å²) in [6.07, 6.45) is 7.69. The van der Waals surface area contributed by atoms with E-state index >= 15 is 0 Å². The van der Waals surface area contributed by atoms with Crippen molar-refractivity contribution in [3.05, 3.63) is 29.3 Å². The van der Waals surface area contributed by atoms with Crippen molar-refractivity contribution >= 4 is 22.9 Å². The second kappa shape index (κ2) is 5.30. The number of thioether (sulfide) groups is 1. The molecular formula is C17H19NO3S. The number of carbonyl (C=O) groups is 2. The second-order valence-electron chi connectivity index (χ2n) is 6.55. The van der Waals surface area contributed by atoms with Gasteiger partial charge in [-0.25, -0.2) is 0 Å². The summed E-state index contributed by atoms with van der Waals surface area (Å²) < 4.78 is 6.26. The second-order valence-corrected chi connectivity index (χ2v) is 7.73. The predicted molar refractivity (Wildman–Crippen MR) is 85.2 cm³/mol. The number of benzene rings is 1. The number of imide groups is 1. The lowest BCUT2D eigenvalue weighted by Gasteiger charge is -2.32. The molecule has 4 nitrogen and oxygen atoms in total. The zero-order chi connectivity index (χ0) is 15.2. The minimum absolute atomic E-state index is 0.0225. The third kappa shape index (κ3) is 2.51. The zero-order valence-corrected chi connectivity index (χ0v) is 13.2. The Morgan fingerprint density at radius 3 is 2.77 bits per heavy atom. The van der Waals surface area contributed by atoms with Crippen LogP contribution in [0.3, 0.4) is 0 Å². The molecule has 2 fully saturated rings. The molecule has 2 heterocycles. The molecule has 0 radical (unpaired) electrons. The smallest absolute Gasteiger partial charge is 0.286 e. The minimum atomic E-state index is -0.295. The minimum Gasteiger partial charge on any atom is -0.487 e. The molecule has 1 N–H and O–H groups in total. The molecule has 0 aromatic heterocycles. The molecule has 0 bridgehead atoms. The summed E-state index contributed by atoms with van der Waals surface area (Å²) in [6.45, 7) is 0. The average molecular weight is 317 g/mol. The Kier molecular flexibility index (Phi) is 3.40. The number of rotatable bonds is 2. The van der Waals surface area contributed by atoms with E-state index in [2.05, 4.69) is 11.4 Å². The van der Waals surface area contributed by atoms with Crippen LogP contribution in [-0.2, 0) is 17.6 Å². The summed E-state index contributed by atoms with van der Waals surface area (Å²) >= 11 is 1.09. The average Bonchev–Trinajstić information content (AvgIpc) is 2.99. The fourth-order valence-corrected chi connectivity index (χ4v) is 4.69. The molecule has 1 aromatic carbocycles. The molecule has 1 atom stereocenters. The van der Waals surface area contributed by atoms with Gasteiger partial charge in [0.2, 0.25) is 5.91 Å². The van der Waals surface area contributed by atoms with Gasteiger partial charge in [-0.15, -0.1) is 0 Å². The van der Waals surface area contributed by atoms with Crippen molar-refractivity contribution in [2.24, 2.45) is 0 Å². The number of amides is 2. The van der Waals surface area contributed by atoms with Gasteiger partial charge in [0.15, 0.2) is 0 Å². The van der Waals surface area contributed by atoms with Crippen molar-refractivity contribution < 1.29 is 14.3 Å². The normalized spacial score (nSPS) is 25.9. The zero-order valence-electron chi connectivity index (χ0n) is 12.4. The first-order chi connectivity index (χ1) is 10.6. The molecule has 2 aliphatic heterocycles. The first kappa shape index (κ1) is 14.1. The van der Waals surface area contributed by atoms with Gasteiger partial charge in [-0.1, -0.05) is 30.3 Å². The highest BCUT2D eigenvalue weighted by atomic mass is 32.2. The first-order valence-corrected chi connectivity index (χ1v) is 8.84. The molecule has 4 rings (SSSR count). The molecule has 3 aliphatic rings. The Morgan fingerprint density at radius 2 is 2.05 bits per heavy atom. The Morgan fingerprint density at radius 1 is 1.23 bits per heavy atom. The first-order valence-electron chi connectivity index (χ1n) is 7.96. The van der Waals surface area contributed by atoms with Crippen LogP contribution in [0.15, 0.2) is 18.2 Å². The maximum atomic E-state index is 11.7. The lowest BCUT2D eigenvalue weighted by atomic mass is 9.82. The fraction of sp³-hybridized carbons (Fsp3) is 0.529. The highest BCUT2D eigenvalue weighted by Gasteiger charge is 2.40. The summed E-state index contributed by atoms with van der Waals surface area (Å²) in [4.78, 5) is 22.9. The molecule has 22 heavy (non-hydrogen) atoms.